The molecule has 0 rings (SSSR count). The SMILES string of the molecule is CC(C)C(N)C(=O)NCCCCCO. The molecule has 0 aliphatic rings. The van der Waals surface area contributed by atoms with E-state index in [4.69, 9.17) is 10.8 Å². The molecular formula is C10H22N2O2. The molecule has 0 saturated heterocycles. The summed E-state index contributed by atoms with van der Waals surface area (Å²) in [6, 6.07) is -0.409. The summed E-state index contributed by atoms with van der Waals surface area (Å²) in [5.74, 6) is 0.0939. The molecule has 0 aromatic carbocycles. The summed E-state index contributed by atoms with van der Waals surface area (Å²) >= 11 is 0. The minimum Gasteiger partial charge on any atom is -0.396 e. The maximum atomic E-state index is 11.3. The molecule has 14 heavy (non-hydrogen) atoms. The summed E-state index contributed by atoms with van der Waals surface area (Å²) in [6.07, 6.45) is 2.64. The van der Waals surface area contributed by atoms with E-state index in [1.807, 2.05) is 13.8 Å². The molecule has 0 aromatic rings. The molecule has 0 spiro atoms. The number of hydrogen-bond acceptors (Lipinski definition) is 3. The van der Waals surface area contributed by atoms with Gasteiger partial charge >= 0.3 is 0 Å². The van der Waals surface area contributed by atoms with Crippen LogP contribution in [0.25, 0.3) is 0 Å². The van der Waals surface area contributed by atoms with Crippen molar-refractivity contribution in [3.05, 3.63) is 0 Å². The highest BCUT2D eigenvalue weighted by Crippen LogP contribution is 1.98. The third-order valence-electron chi connectivity index (χ3n) is 2.16. The zero-order valence-corrected chi connectivity index (χ0v) is 9.12. The number of nitrogens with two attached hydrogens (primary N) is 1. The molecule has 4 nitrogen and oxygen atoms in total. The van der Waals surface area contributed by atoms with Crippen molar-refractivity contribution in [2.75, 3.05) is 13.2 Å². The first-order valence-corrected chi connectivity index (χ1v) is 5.23. The van der Waals surface area contributed by atoms with Crippen molar-refractivity contribution in [3.63, 3.8) is 0 Å². The van der Waals surface area contributed by atoms with Crippen molar-refractivity contribution >= 4 is 5.91 Å². The van der Waals surface area contributed by atoms with Crippen LogP contribution in [0, 0.1) is 5.92 Å². The third-order valence-corrected chi connectivity index (χ3v) is 2.16. The highest BCUT2D eigenvalue weighted by molar-refractivity contribution is 5.81. The van der Waals surface area contributed by atoms with Crippen molar-refractivity contribution in [2.45, 2.75) is 39.2 Å². The number of aliphatic hydroxyl groups excluding tert-OH is 1. The molecule has 0 heterocycles. The molecule has 1 atom stereocenters. The average molecular weight is 202 g/mol. The number of carbonyl (C=O) groups is 1. The molecule has 0 radical (unpaired) electrons. The first-order chi connectivity index (χ1) is 6.59. The summed E-state index contributed by atoms with van der Waals surface area (Å²) in [4.78, 5) is 11.3. The maximum Gasteiger partial charge on any atom is 0.237 e. The smallest absolute Gasteiger partial charge is 0.237 e. The van der Waals surface area contributed by atoms with Crippen molar-refractivity contribution in [3.8, 4) is 0 Å². The molecule has 4 N–H and O–H groups in total. The van der Waals surface area contributed by atoms with Gasteiger partial charge in [0.15, 0.2) is 0 Å². The van der Waals surface area contributed by atoms with Gasteiger partial charge in [-0.1, -0.05) is 13.8 Å². The van der Waals surface area contributed by atoms with Crippen LogP contribution in [0.1, 0.15) is 33.1 Å². The Bertz CT molecular complexity index is 160. The van der Waals surface area contributed by atoms with Gasteiger partial charge in [-0.15, -0.1) is 0 Å². The van der Waals surface area contributed by atoms with Crippen LogP contribution in [0.3, 0.4) is 0 Å². The second-order valence-electron chi connectivity index (χ2n) is 3.85. The number of aliphatic hydroxyl groups is 1. The second kappa shape index (κ2) is 7.76. The third kappa shape index (κ3) is 5.94. The zero-order chi connectivity index (χ0) is 11.0. The van der Waals surface area contributed by atoms with E-state index in [2.05, 4.69) is 5.32 Å². The van der Waals surface area contributed by atoms with Crippen LogP contribution in [-0.4, -0.2) is 30.2 Å². The Labute approximate surface area is 85.9 Å². The van der Waals surface area contributed by atoms with Crippen LogP contribution in [0.2, 0.25) is 0 Å². The Morgan fingerprint density at radius 2 is 2.00 bits per heavy atom. The topological polar surface area (TPSA) is 75.4 Å². The molecule has 0 aliphatic carbocycles. The number of rotatable bonds is 7. The predicted octanol–water partition coefficient (Wildman–Crippen LogP) is 0.248. The number of carbonyl (C=O) groups excluding carboxylic acids is 1. The van der Waals surface area contributed by atoms with Gasteiger partial charge in [-0.05, 0) is 25.2 Å². The van der Waals surface area contributed by atoms with Gasteiger partial charge in [-0.3, -0.25) is 4.79 Å². The Morgan fingerprint density at radius 1 is 1.36 bits per heavy atom. The Balaban J connectivity index is 3.44. The van der Waals surface area contributed by atoms with Gasteiger partial charge in [0.25, 0.3) is 0 Å². The summed E-state index contributed by atoms with van der Waals surface area (Å²) in [5, 5.41) is 11.3. The summed E-state index contributed by atoms with van der Waals surface area (Å²) in [7, 11) is 0. The van der Waals surface area contributed by atoms with E-state index in [0.717, 1.165) is 19.3 Å². The Hall–Kier alpha value is -0.610. The lowest BCUT2D eigenvalue weighted by Gasteiger charge is -2.15. The number of hydrogen-bond donors (Lipinski definition) is 3. The maximum absolute atomic E-state index is 11.3. The lowest BCUT2D eigenvalue weighted by atomic mass is 10.1. The fraction of sp³-hybridized carbons (Fsp3) is 0.900. The van der Waals surface area contributed by atoms with Crippen LogP contribution in [0.4, 0.5) is 0 Å². The summed E-state index contributed by atoms with van der Waals surface area (Å²) in [6.45, 7) is 4.73. The van der Waals surface area contributed by atoms with Crippen LogP contribution < -0.4 is 11.1 Å². The number of nitrogens with one attached hydrogen (secondary N) is 1. The van der Waals surface area contributed by atoms with Gasteiger partial charge in [0.1, 0.15) is 0 Å². The van der Waals surface area contributed by atoms with Gasteiger partial charge in [0, 0.05) is 13.2 Å². The first kappa shape index (κ1) is 13.4. The lowest BCUT2D eigenvalue weighted by molar-refractivity contribution is -0.123. The van der Waals surface area contributed by atoms with Crippen molar-refractivity contribution in [1.82, 2.24) is 5.32 Å². The van der Waals surface area contributed by atoms with E-state index in [1.54, 1.807) is 0 Å². The fourth-order valence-electron chi connectivity index (χ4n) is 1.05. The molecule has 0 saturated carbocycles. The quantitative estimate of drug-likeness (QED) is 0.518. The zero-order valence-electron chi connectivity index (χ0n) is 9.12. The highest BCUT2D eigenvalue weighted by atomic mass is 16.2. The van der Waals surface area contributed by atoms with Crippen LogP contribution in [-0.2, 0) is 4.79 Å². The molecule has 4 heteroatoms. The molecule has 0 bridgehead atoms. The van der Waals surface area contributed by atoms with E-state index < -0.39 is 6.04 Å². The minimum absolute atomic E-state index is 0.0796. The van der Waals surface area contributed by atoms with Crippen molar-refractivity contribution in [2.24, 2.45) is 11.7 Å². The minimum atomic E-state index is -0.409. The van der Waals surface area contributed by atoms with Gasteiger partial charge in [0.05, 0.1) is 6.04 Å². The van der Waals surface area contributed by atoms with E-state index in [1.165, 1.54) is 0 Å². The van der Waals surface area contributed by atoms with Crippen LogP contribution >= 0.6 is 0 Å². The van der Waals surface area contributed by atoms with Gasteiger partial charge in [-0.25, -0.2) is 0 Å². The van der Waals surface area contributed by atoms with Crippen LogP contribution in [0.15, 0.2) is 0 Å². The van der Waals surface area contributed by atoms with Crippen LogP contribution in [0.5, 0.6) is 0 Å². The highest BCUT2D eigenvalue weighted by Gasteiger charge is 2.15. The monoisotopic (exact) mass is 202 g/mol. The van der Waals surface area contributed by atoms with E-state index in [0.29, 0.717) is 6.54 Å². The molecular weight excluding hydrogens is 180 g/mol. The van der Waals surface area contributed by atoms with E-state index >= 15 is 0 Å². The number of amides is 1. The molecule has 84 valence electrons. The van der Waals surface area contributed by atoms with Gasteiger partial charge < -0.3 is 16.2 Å². The predicted molar refractivity (Wildman–Crippen MR) is 56.8 cm³/mol. The largest absolute Gasteiger partial charge is 0.396 e. The lowest BCUT2D eigenvalue weighted by Crippen LogP contribution is -2.44. The fourth-order valence-corrected chi connectivity index (χ4v) is 1.05. The average Bonchev–Trinajstić information content (AvgIpc) is 2.16. The first-order valence-electron chi connectivity index (χ1n) is 5.23. The molecule has 1 unspecified atom stereocenters. The molecule has 0 aliphatic heterocycles. The standard InChI is InChI=1S/C10H22N2O2/c1-8(2)9(11)10(14)12-6-4-3-5-7-13/h8-9,13H,3-7,11H2,1-2H3,(H,12,14). The summed E-state index contributed by atoms with van der Waals surface area (Å²) < 4.78 is 0. The molecule has 0 fully saturated rings. The van der Waals surface area contributed by atoms with Crippen molar-refractivity contribution in [1.29, 1.82) is 0 Å². The van der Waals surface area contributed by atoms with E-state index in [9.17, 15) is 4.79 Å². The molecule has 0 aromatic heterocycles. The van der Waals surface area contributed by atoms with Gasteiger partial charge in [0.2, 0.25) is 5.91 Å². The Kier molecular flexibility index (Phi) is 7.42. The van der Waals surface area contributed by atoms with E-state index in [-0.39, 0.29) is 18.4 Å². The number of unbranched alkanes of at least 4 members (excludes halogenated alkanes) is 2. The Morgan fingerprint density at radius 3 is 2.50 bits per heavy atom. The van der Waals surface area contributed by atoms with Gasteiger partial charge in [-0.2, -0.15) is 0 Å². The normalized spacial score (nSPS) is 12.9. The van der Waals surface area contributed by atoms with Crippen molar-refractivity contribution < 1.29 is 9.90 Å². The second-order valence-corrected chi connectivity index (χ2v) is 3.85. The molecule has 1 amide bonds. The summed E-state index contributed by atoms with van der Waals surface area (Å²) in [5.41, 5.74) is 5.65.